The van der Waals surface area contributed by atoms with E-state index in [1.807, 2.05) is 0 Å². The number of carbonyl (C=O) groups is 1. The van der Waals surface area contributed by atoms with E-state index in [-0.39, 0.29) is 12.0 Å². The lowest BCUT2D eigenvalue weighted by Crippen LogP contribution is -2.32. The summed E-state index contributed by atoms with van der Waals surface area (Å²) in [4.78, 5) is 22.7. The van der Waals surface area contributed by atoms with Crippen LogP contribution in [0.5, 0.6) is 0 Å². The first kappa shape index (κ1) is 16.1. The predicted molar refractivity (Wildman–Crippen MR) is 91.9 cm³/mol. The second kappa shape index (κ2) is 7.70. The Balaban J connectivity index is 1.48. The van der Waals surface area contributed by atoms with Crippen molar-refractivity contribution in [2.75, 3.05) is 25.0 Å². The summed E-state index contributed by atoms with van der Waals surface area (Å²) in [5.74, 6) is 0.843. The van der Waals surface area contributed by atoms with Gasteiger partial charge in [0.2, 0.25) is 5.91 Å². The highest BCUT2D eigenvalue weighted by Crippen LogP contribution is 2.28. The molecular weight excluding hydrogens is 312 g/mol. The molecule has 0 spiro atoms. The van der Waals surface area contributed by atoms with Crippen LogP contribution >= 0.6 is 11.3 Å². The maximum Gasteiger partial charge on any atom is 0.221 e. The van der Waals surface area contributed by atoms with Gasteiger partial charge in [0, 0.05) is 31.0 Å². The number of amides is 1. The molecule has 0 bridgehead atoms. The molecule has 0 radical (unpaired) electrons. The minimum Gasteiger partial charge on any atom is -0.376 e. The van der Waals surface area contributed by atoms with Gasteiger partial charge in [0.05, 0.1) is 11.5 Å². The second-order valence-corrected chi connectivity index (χ2v) is 6.74. The van der Waals surface area contributed by atoms with Gasteiger partial charge in [-0.05, 0) is 25.3 Å². The summed E-state index contributed by atoms with van der Waals surface area (Å²) in [6.07, 6.45) is 5.29. The molecule has 3 rings (SSSR count). The highest BCUT2D eigenvalue weighted by molar-refractivity contribution is 7.18. The van der Waals surface area contributed by atoms with Crippen LogP contribution in [0.1, 0.15) is 31.1 Å². The number of hydrogen-bond acceptors (Lipinski definition) is 6. The highest BCUT2D eigenvalue weighted by atomic mass is 32.1. The number of aryl methyl sites for hydroxylation is 1. The number of ether oxygens (including phenoxy) is 1. The Hall–Kier alpha value is -1.73. The molecule has 1 fully saturated rings. The summed E-state index contributed by atoms with van der Waals surface area (Å²) in [6, 6.07) is 2.12. The number of aromatic nitrogens is 2. The molecule has 0 aromatic carbocycles. The number of anilines is 1. The Morgan fingerprint density at radius 1 is 1.48 bits per heavy atom. The van der Waals surface area contributed by atoms with Crippen molar-refractivity contribution >= 4 is 33.3 Å². The Morgan fingerprint density at radius 2 is 2.39 bits per heavy atom. The van der Waals surface area contributed by atoms with Crippen molar-refractivity contribution in [1.29, 1.82) is 0 Å². The van der Waals surface area contributed by atoms with E-state index in [9.17, 15) is 4.79 Å². The Kier molecular flexibility index (Phi) is 5.40. The van der Waals surface area contributed by atoms with E-state index in [0.717, 1.165) is 41.9 Å². The zero-order valence-corrected chi connectivity index (χ0v) is 14.1. The SMILES string of the molecule is CCc1cc2c(NCCC(=O)NC[C@H]3CCCO3)ncnc2s1. The van der Waals surface area contributed by atoms with Crippen molar-refractivity contribution in [1.82, 2.24) is 15.3 Å². The molecule has 7 heteroatoms. The van der Waals surface area contributed by atoms with Gasteiger partial charge in [0.15, 0.2) is 0 Å². The standard InChI is InChI=1S/C16H22N4O2S/c1-2-12-8-13-15(19-10-20-16(13)23-12)17-6-5-14(21)18-9-11-4-3-7-22-11/h8,10-11H,2-7,9H2,1H3,(H,18,21)(H,17,19,20)/t11-/m1/s1. The molecular formula is C16H22N4O2S. The topological polar surface area (TPSA) is 76.1 Å². The Morgan fingerprint density at radius 3 is 3.17 bits per heavy atom. The molecule has 1 atom stereocenters. The van der Waals surface area contributed by atoms with Crippen LogP contribution in [0.3, 0.4) is 0 Å². The van der Waals surface area contributed by atoms with Crippen molar-refractivity contribution in [3.8, 4) is 0 Å². The zero-order chi connectivity index (χ0) is 16.1. The van der Waals surface area contributed by atoms with Crippen molar-refractivity contribution in [3.05, 3.63) is 17.3 Å². The normalized spacial score (nSPS) is 17.5. The molecule has 0 unspecified atom stereocenters. The van der Waals surface area contributed by atoms with Gasteiger partial charge in [-0.15, -0.1) is 11.3 Å². The van der Waals surface area contributed by atoms with E-state index in [1.165, 1.54) is 4.88 Å². The van der Waals surface area contributed by atoms with Crippen molar-refractivity contribution in [2.45, 2.75) is 38.7 Å². The molecule has 1 saturated heterocycles. The highest BCUT2D eigenvalue weighted by Gasteiger charge is 2.16. The van der Waals surface area contributed by atoms with Gasteiger partial charge in [-0.1, -0.05) is 6.92 Å². The van der Waals surface area contributed by atoms with E-state index >= 15 is 0 Å². The number of nitrogens with one attached hydrogen (secondary N) is 2. The van der Waals surface area contributed by atoms with E-state index in [1.54, 1.807) is 17.7 Å². The van der Waals surface area contributed by atoms with Gasteiger partial charge in [-0.2, -0.15) is 0 Å². The van der Waals surface area contributed by atoms with Crippen molar-refractivity contribution < 1.29 is 9.53 Å². The minimum absolute atomic E-state index is 0.0397. The number of carbonyl (C=O) groups excluding carboxylic acids is 1. The summed E-state index contributed by atoms with van der Waals surface area (Å²) < 4.78 is 5.49. The van der Waals surface area contributed by atoms with Crippen LogP contribution in [0.4, 0.5) is 5.82 Å². The molecule has 1 amide bonds. The molecule has 0 aliphatic carbocycles. The molecule has 1 aliphatic rings. The summed E-state index contributed by atoms with van der Waals surface area (Å²) in [7, 11) is 0. The van der Waals surface area contributed by atoms with E-state index in [4.69, 9.17) is 4.74 Å². The fourth-order valence-electron chi connectivity index (χ4n) is 2.64. The van der Waals surface area contributed by atoms with E-state index in [0.29, 0.717) is 19.5 Å². The largest absolute Gasteiger partial charge is 0.376 e. The number of thiophene rings is 1. The lowest BCUT2D eigenvalue weighted by atomic mass is 10.2. The van der Waals surface area contributed by atoms with Crippen molar-refractivity contribution in [2.24, 2.45) is 0 Å². The van der Waals surface area contributed by atoms with Gasteiger partial charge in [0.25, 0.3) is 0 Å². The molecule has 6 nitrogen and oxygen atoms in total. The van der Waals surface area contributed by atoms with E-state index in [2.05, 4.69) is 33.6 Å². The van der Waals surface area contributed by atoms with Gasteiger partial charge in [-0.3, -0.25) is 4.79 Å². The third kappa shape index (κ3) is 4.17. The molecule has 124 valence electrons. The third-order valence-corrected chi connectivity index (χ3v) is 5.11. The first-order chi connectivity index (χ1) is 11.3. The fraction of sp³-hybridized carbons (Fsp3) is 0.562. The minimum atomic E-state index is 0.0397. The van der Waals surface area contributed by atoms with Crippen LogP contribution in [-0.4, -0.2) is 41.7 Å². The zero-order valence-electron chi connectivity index (χ0n) is 13.3. The molecule has 2 aromatic rings. The Bertz CT molecular complexity index is 667. The van der Waals surface area contributed by atoms with Crippen LogP contribution < -0.4 is 10.6 Å². The van der Waals surface area contributed by atoms with Gasteiger partial charge < -0.3 is 15.4 Å². The number of fused-ring (bicyclic) bond motifs is 1. The molecule has 23 heavy (non-hydrogen) atoms. The third-order valence-electron chi connectivity index (χ3n) is 3.92. The maximum absolute atomic E-state index is 11.9. The monoisotopic (exact) mass is 334 g/mol. The maximum atomic E-state index is 11.9. The first-order valence-electron chi connectivity index (χ1n) is 8.12. The quantitative estimate of drug-likeness (QED) is 0.813. The number of hydrogen-bond donors (Lipinski definition) is 2. The molecule has 1 aliphatic heterocycles. The lowest BCUT2D eigenvalue weighted by molar-refractivity contribution is -0.121. The summed E-state index contributed by atoms with van der Waals surface area (Å²) in [5, 5.41) is 7.21. The summed E-state index contributed by atoms with van der Waals surface area (Å²) >= 11 is 1.69. The van der Waals surface area contributed by atoms with Gasteiger partial charge in [0.1, 0.15) is 17.0 Å². The van der Waals surface area contributed by atoms with Crippen LogP contribution in [-0.2, 0) is 16.0 Å². The lowest BCUT2D eigenvalue weighted by Gasteiger charge is -2.11. The van der Waals surface area contributed by atoms with Crippen LogP contribution in [0, 0.1) is 0 Å². The summed E-state index contributed by atoms with van der Waals surface area (Å²) in [5.41, 5.74) is 0. The molecule has 0 saturated carbocycles. The summed E-state index contributed by atoms with van der Waals surface area (Å²) in [6.45, 7) is 4.11. The fourth-order valence-corrected chi connectivity index (χ4v) is 3.57. The van der Waals surface area contributed by atoms with Crippen LogP contribution in [0.15, 0.2) is 12.4 Å². The average molecular weight is 334 g/mol. The van der Waals surface area contributed by atoms with E-state index < -0.39 is 0 Å². The molecule has 2 N–H and O–H groups in total. The van der Waals surface area contributed by atoms with Gasteiger partial charge >= 0.3 is 0 Å². The number of rotatable bonds is 7. The molecule has 3 heterocycles. The van der Waals surface area contributed by atoms with Gasteiger partial charge in [-0.25, -0.2) is 9.97 Å². The van der Waals surface area contributed by atoms with Crippen molar-refractivity contribution in [3.63, 3.8) is 0 Å². The Labute approximate surface area is 139 Å². The average Bonchev–Trinajstić information content (AvgIpc) is 3.22. The second-order valence-electron chi connectivity index (χ2n) is 5.62. The number of nitrogens with zero attached hydrogens (tertiary/aromatic N) is 2. The van der Waals surface area contributed by atoms with Crippen LogP contribution in [0.25, 0.3) is 10.2 Å². The smallest absolute Gasteiger partial charge is 0.221 e. The molecule has 2 aromatic heterocycles. The van der Waals surface area contributed by atoms with Crippen LogP contribution in [0.2, 0.25) is 0 Å². The first-order valence-corrected chi connectivity index (χ1v) is 8.93. The predicted octanol–water partition coefficient (Wildman–Crippen LogP) is 2.35.